The van der Waals surface area contributed by atoms with Gasteiger partial charge in [-0.2, -0.15) is 0 Å². The van der Waals surface area contributed by atoms with E-state index in [2.05, 4.69) is 52.0 Å². The van der Waals surface area contributed by atoms with Crippen LogP contribution in [0, 0.1) is 0 Å². The molecule has 0 fully saturated rings. The van der Waals surface area contributed by atoms with Crippen LogP contribution in [0.4, 0.5) is 0 Å². The highest BCUT2D eigenvalue weighted by molar-refractivity contribution is 9.09. The van der Waals surface area contributed by atoms with Crippen LogP contribution >= 0.6 is 15.9 Å². The summed E-state index contributed by atoms with van der Waals surface area (Å²) in [6.45, 7) is 6.46. The number of hydrogen-bond acceptors (Lipinski definition) is 2. The summed E-state index contributed by atoms with van der Waals surface area (Å²) >= 11 is 3.52. The van der Waals surface area contributed by atoms with Crippen LogP contribution in [0.5, 0.6) is 5.75 Å². The van der Waals surface area contributed by atoms with Gasteiger partial charge in [0.25, 0.3) is 0 Å². The molecule has 0 aromatic heterocycles. The molecule has 1 heterocycles. The van der Waals surface area contributed by atoms with Gasteiger partial charge in [-0.3, -0.25) is 0 Å². The van der Waals surface area contributed by atoms with Gasteiger partial charge in [-0.25, -0.2) is 0 Å². The number of ether oxygens (including phenoxy) is 1. The van der Waals surface area contributed by atoms with Gasteiger partial charge in [-0.15, -0.1) is 0 Å². The highest BCUT2D eigenvalue weighted by Gasteiger charge is 2.22. The maximum absolute atomic E-state index is 5.70. The Hall–Kier alpha value is -0.540. The standard InChI is InChI=1S/C14H20BrNO/c1-2-16(9-8-15)11-12-7-10-17-14-6-4-3-5-13(12)14/h3-6,12H,2,7-11H2,1H3. The van der Waals surface area contributed by atoms with Gasteiger partial charge in [0.15, 0.2) is 0 Å². The van der Waals surface area contributed by atoms with E-state index in [0.29, 0.717) is 5.92 Å². The number of para-hydroxylation sites is 1. The average Bonchev–Trinajstić information content (AvgIpc) is 2.38. The number of hydrogen-bond donors (Lipinski definition) is 0. The highest BCUT2D eigenvalue weighted by Crippen LogP contribution is 2.33. The zero-order chi connectivity index (χ0) is 12.1. The molecular weight excluding hydrogens is 278 g/mol. The first-order valence-electron chi connectivity index (χ1n) is 6.35. The maximum Gasteiger partial charge on any atom is 0.122 e. The predicted octanol–water partition coefficient (Wildman–Crippen LogP) is 3.27. The fourth-order valence-corrected chi connectivity index (χ4v) is 2.92. The number of rotatable bonds is 5. The quantitative estimate of drug-likeness (QED) is 0.774. The molecule has 0 spiro atoms. The van der Waals surface area contributed by atoms with Crippen molar-refractivity contribution in [1.82, 2.24) is 4.90 Å². The Bertz CT molecular complexity index is 356. The van der Waals surface area contributed by atoms with Gasteiger partial charge in [0.1, 0.15) is 5.75 Å². The van der Waals surface area contributed by atoms with Crippen molar-refractivity contribution in [3.8, 4) is 5.75 Å². The Morgan fingerprint density at radius 2 is 2.24 bits per heavy atom. The van der Waals surface area contributed by atoms with Crippen molar-refractivity contribution >= 4 is 15.9 Å². The zero-order valence-electron chi connectivity index (χ0n) is 10.4. The number of nitrogens with zero attached hydrogens (tertiary/aromatic N) is 1. The van der Waals surface area contributed by atoms with E-state index in [1.807, 2.05) is 0 Å². The van der Waals surface area contributed by atoms with Crippen molar-refractivity contribution in [3.63, 3.8) is 0 Å². The Labute approximate surface area is 112 Å². The first-order valence-corrected chi connectivity index (χ1v) is 7.47. The van der Waals surface area contributed by atoms with Gasteiger partial charge in [-0.1, -0.05) is 41.1 Å². The van der Waals surface area contributed by atoms with Crippen LogP contribution in [0.15, 0.2) is 24.3 Å². The highest BCUT2D eigenvalue weighted by atomic mass is 79.9. The minimum absolute atomic E-state index is 0.624. The first-order chi connectivity index (χ1) is 8.35. The second-order valence-corrected chi connectivity index (χ2v) is 5.25. The molecule has 0 aliphatic carbocycles. The Kier molecular flexibility index (Phi) is 4.86. The fraction of sp³-hybridized carbons (Fsp3) is 0.571. The Morgan fingerprint density at radius 3 is 3.00 bits per heavy atom. The molecule has 1 aliphatic heterocycles. The topological polar surface area (TPSA) is 12.5 Å². The van der Waals surface area contributed by atoms with Gasteiger partial charge in [0.2, 0.25) is 0 Å². The predicted molar refractivity (Wildman–Crippen MR) is 75.2 cm³/mol. The molecule has 0 radical (unpaired) electrons. The SMILES string of the molecule is CCN(CCBr)CC1CCOc2ccccc21. The van der Waals surface area contributed by atoms with Gasteiger partial charge in [0, 0.05) is 24.3 Å². The summed E-state index contributed by atoms with van der Waals surface area (Å²) in [5.74, 6) is 1.71. The zero-order valence-corrected chi connectivity index (χ0v) is 11.9. The molecule has 1 aliphatic rings. The van der Waals surface area contributed by atoms with E-state index in [0.717, 1.165) is 43.7 Å². The normalized spacial score (nSPS) is 18.9. The van der Waals surface area contributed by atoms with Crippen molar-refractivity contribution in [2.45, 2.75) is 19.3 Å². The lowest BCUT2D eigenvalue weighted by Crippen LogP contribution is -2.32. The fourth-order valence-electron chi connectivity index (χ4n) is 2.42. The van der Waals surface area contributed by atoms with Crippen LogP contribution in [-0.4, -0.2) is 36.5 Å². The van der Waals surface area contributed by atoms with E-state index >= 15 is 0 Å². The largest absolute Gasteiger partial charge is 0.493 e. The van der Waals surface area contributed by atoms with Crippen molar-refractivity contribution in [2.75, 3.05) is 31.6 Å². The van der Waals surface area contributed by atoms with E-state index in [1.54, 1.807) is 0 Å². The molecule has 2 rings (SSSR count). The molecule has 3 heteroatoms. The summed E-state index contributed by atoms with van der Waals surface area (Å²) in [6, 6.07) is 8.46. The van der Waals surface area contributed by atoms with Gasteiger partial charge < -0.3 is 9.64 Å². The van der Waals surface area contributed by atoms with Crippen LogP contribution in [0.2, 0.25) is 0 Å². The third-order valence-corrected chi connectivity index (χ3v) is 3.76. The molecule has 0 amide bonds. The summed E-state index contributed by atoms with van der Waals surface area (Å²) in [6.07, 6.45) is 1.13. The molecule has 17 heavy (non-hydrogen) atoms. The summed E-state index contributed by atoms with van der Waals surface area (Å²) in [5.41, 5.74) is 1.38. The Balaban J connectivity index is 2.07. The molecule has 0 bridgehead atoms. The third-order valence-electron chi connectivity index (χ3n) is 3.41. The molecule has 1 unspecified atom stereocenters. The van der Waals surface area contributed by atoms with Crippen LogP contribution in [0.3, 0.4) is 0 Å². The molecule has 1 aromatic rings. The number of benzene rings is 1. The molecule has 0 saturated heterocycles. The third kappa shape index (κ3) is 3.23. The number of likely N-dealkylation sites (N-methyl/N-ethyl adjacent to an activating group) is 1. The average molecular weight is 298 g/mol. The van der Waals surface area contributed by atoms with E-state index in [9.17, 15) is 0 Å². The Morgan fingerprint density at radius 1 is 1.41 bits per heavy atom. The summed E-state index contributed by atoms with van der Waals surface area (Å²) < 4.78 is 5.70. The molecule has 1 atom stereocenters. The van der Waals surface area contributed by atoms with Crippen molar-refractivity contribution in [2.24, 2.45) is 0 Å². The van der Waals surface area contributed by atoms with E-state index < -0.39 is 0 Å². The van der Waals surface area contributed by atoms with Gasteiger partial charge >= 0.3 is 0 Å². The van der Waals surface area contributed by atoms with Crippen LogP contribution in [0.25, 0.3) is 0 Å². The van der Waals surface area contributed by atoms with E-state index in [1.165, 1.54) is 5.56 Å². The monoisotopic (exact) mass is 297 g/mol. The maximum atomic E-state index is 5.70. The summed E-state index contributed by atoms with van der Waals surface area (Å²) in [5, 5.41) is 1.05. The second-order valence-electron chi connectivity index (χ2n) is 4.45. The lowest BCUT2D eigenvalue weighted by molar-refractivity contribution is 0.223. The first kappa shape index (κ1) is 12.9. The molecular formula is C14H20BrNO. The van der Waals surface area contributed by atoms with Crippen molar-refractivity contribution in [1.29, 1.82) is 0 Å². The molecule has 1 aromatic carbocycles. The summed E-state index contributed by atoms with van der Waals surface area (Å²) in [7, 11) is 0. The molecule has 0 N–H and O–H groups in total. The van der Waals surface area contributed by atoms with E-state index in [4.69, 9.17) is 4.74 Å². The van der Waals surface area contributed by atoms with Crippen molar-refractivity contribution in [3.05, 3.63) is 29.8 Å². The minimum Gasteiger partial charge on any atom is -0.493 e. The smallest absolute Gasteiger partial charge is 0.122 e. The van der Waals surface area contributed by atoms with Crippen molar-refractivity contribution < 1.29 is 4.74 Å². The summed E-state index contributed by atoms with van der Waals surface area (Å²) in [4.78, 5) is 2.50. The second kappa shape index (κ2) is 6.41. The lowest BCUT2D eigenvalue weighted by Gasteiger charge is -2.30. The van der Waals surface area contributed by atoms with Crippen LogP contribution < -0.4 is 4.74 Å². The van der Waals surface area contributed by atoms with Gasteiger partial charge in [-0.05, 0) is 24.6 Å². The van der Waals surface area contributed by atoms with E-state index in [-0.39, 0.29) is 0 Å². The molecule has 94 valence electrons. The molecule has 0 saturated carbocycles. The minimum atomic E-state index is 0.624. The number of halogens is 1. The number of alkyl halides is 1. The number of fused-ring (bicyclic) bond motifs is 1. The van der Waals surface area contributed by atoms with Gasteiger partial charge in [0.05, 0.1) is 6.61 Å². The van der Waals surface area contributed by atoms with Crippen LogP contribution in [-0.2, 0) is 0 Å². The lowest BCUT2D eigenvalue weighted by atomic mass is 9.92. The van der Waals surface area contributed by atoms with Crippen LogP contribution in [0.1, 0.15) is 24.8 Å². The molecule has 2 nitrogen and oxygen atoms in total.